The molecule has 1 fully saturated rings. The van der Waals surface area contributed by atoms with E-state index >= 15 is 0 Å². The second-order valence-electron chi connectivity index (χ2n) is 9.80. The lowest BCUT2D eigenvalue weighted by molar-refractivity contribution is -0.214. The van der Waals surface area contributed by atoms with Crippen LogP contribution in [0, 0.1) is 19.8 Å². The van der Waals surface area contributed by atoms with E-state index in [1.807, 2.05) is 12.2 Å². The van der Waals surface area contributed by atoms with Crippen LogP contribution in [0.4, 0.5) is 13.2 Å². The van der Waals surface area contributed by atoms with Crippen molar-refractivity contribution in [3.63, 3.8) is 0 Å². The van der Waals surface area contributed by atoms with Crippen LogP contribution in [-0.2, 0) is 23.3 Å². The number of aryl methyl sites for hydroxylation is 2. The molecule has 35 heavy (non-hydrogen) atoms. The van der Waals surface area contributed by atoms with E-state index in [1.165, 1.54) is 31.5 Å². The van der Waals surface area contributed by atoms with Gasteiger partial charge in [0, 0.05) is 11.9 Å². The molecule has 1 saturated carbocycles. The van der Waals surface area contributed by atoms with Crippen molar-refractivity contribution >= 4 is 22.7 Å². The van der Waals surface area contributed by atoms with Gasteiger partial charge in [0.25, 0.3) is 11.6 Å². The Morgan fingerprint density at radius 1 is 1.14 bits per heavy atom. The van der Waals surface area contributed by atoms with Crippen molar-refractivity contribution in [3.8, 4) is 0 Å². The third-order valence-corrected chi connectivity index (χ3v) is 7.41. The zero-order chi connectivity index (χ0) is 25.0. The number of alkyl halides is 3. The van der Waals surface area contributed by atoms with E-state index in [1.54, 1.807) is 25.1 Å². The Labute approximate surface area is 200 Å². The van der Waals surface area contributed by atoms with Crippen molar-refractivity contribution in [3.05, 3.63) is 58.7 Å². The van der Waals surface area contributed by atoms with Gasteiger partial charge in [-0.3, -0.25) is 19.1 Å². The second-order valence-corrected chi connectivity index (χ2v) is 9.80. The Kier molecular flexibility index (Phi) is 5.68. The van der Waals surface area contributed by atoms with Crippen LogP contribution in [0.2, 0.25) is 0 Å². The molecule has 0 spiro atoms. The summed E-state index contributed by atoms with van der Waals surface area (Å²) in [6, 6.07) is 6.43. The lowest BCUT2D eigenvalue weighted by Gasteiger charge is -2.33. The van der Waals surface area contributed by atoms with Crippen LogP contribution < -0.4 is 5.32 Å². The van der Waals surface area contributed by atoms with Crippen LogP contribution in [0.5, 0.6) is 0 Å². The lowest BCUT2D eigenvalue weighted by Crippen LogP contribution is -2.62. The summed E-state index contributed by atoms with van der Waals surface area (Å²) in [6.45, 7) is 3.62. The van der Waals surface area contributed by atoms with Crippen molar-refractivity contribution in [2.45, 2.75) is 70.6 Å². The first kappa shape index (κ1) is 23.5. The summed E-state index contributed by atoms with van der Waals surface area (Å²) < 4.78 is 44.7. The van der Waals surface area contributed by atoms with Gasteiger partial charge in [-0.05, 0) is 61.6 Å². The van der Waals surface area contributed by atoms with Gasteiger partial charge in [-0.1, -0.05) is 32.1 Å². The average molecular weight is 485 g/mol. The fourth-order valence-electron chi connectivity index (χ4n) is 5.36. The summed E-state index contributed by atoms with van der Waals surface area (Å²) in [5.74, 6) is -1.65. The van der Waals surface area contributed by atoms with Crippen molar-refractivity contribution in [1.29, 1.82) is 0 Å². The summed E-state index contributed by atoms with van der Waals surface area (Å²) in [7, 11) is 0. The highest BCUT2D eigenvalue weighted by Crippen LogP contribution is 2.44. The maximum Gasteiger partial charge on any atom is 0.438 e. The van der Waals surface area contributed by atoms with Crippen LogP contribution in [-0.4, -0.2) is 32.4 Å². The van der Waals surface area contributed by atoms with Gasteiger partial charge in [0.05, 0.1) is 23.0 Å². The highest BCUT2D eigenvalue weighted by atomic mass is 19.4. The number of benzene rings is 1. The maximum absolute atomic E-state index is 14.6. The zero-order valence-electron chi connectivity index (χ0n) is 19.7. The minimum absolute atomic E-state index is 0.0198. The number of hydrogen-bond acceptors (Lipinski definition) is 4. The Bertz CT molecular complexity index is 1310. The topological polar surface area (TPSA) is 76.9 Å². The van der Waals surface area contributed by atoms with Gasteiger partial charge < -0.3 is 5.32 Å². The van der Waals surface area contributed by atoms with Crippen molar-refractivity contribution < 1.29 is 22.8 Å². The van der Waals surface area contributed by atoms with Crippen LogP contribution in [0.25, 0.3) is 11.0 Å². The number of pyridine rings is 1. The number of imidazole rings is 1. The fourth-order valence-corrected chi connectivity index (χ4v) is 5.36. The third-order valence-electron chi connectivity index (χ3n) is 7.41. The standard InChI is InChI=1S/C26H27F3N4O2/c1-15-10-20-21(11-16(15)2)33-23(31-20)13-22(34)25(33,26(27,28)29)32-24(35)18-8-9-19(30-14-18)12-17-6-4-3-5-7-17/h8-11,14,17H,3-7,12-13H2,1-2H3,(H,32,35). The molecule has 2 aliphatic rings. The summed E-state index contributed by atoms with van der Waals surface area (Å²) in [5, 5.41) is 2.04. The fraction of sp³-hybridized carbons (Fsp3) is 0.462. The highest BCUT2D eigenvalue weighted by molar-refractivity contribution is 6.02. The first-order valence-corrected chi connectivity index (χ1v) is 12.0. The maximum atomic E-state index is 14.6. The van der Waals surface area contributed by atoms with E-state index in [0.29, 0.717) is 11.4 Å². The van der Waals surface area contributed by atoms with Crippen molar-refractivity contribution in [1.82, 2.24) is 19.9 Å². The smallest absolute Gasteiger partial charge is 0.315 e. The van der Waals surface area contributed by atoms with E-state index in [0.717, 1.165) is 40.7 Å². The Morgan fingerprint density at radius 2 is 1.86 bits per heavy atom. The van der Waals surface area contributed by atoms with Gasteiger partial charge in [0.15, 0.2) is 5.78 Å². The third kappa shape index (κ3) is 3.90. The van der Waals surface area contributed by atoms with E-state index < -0.39 is 30.0 Å². The molecule has 0 radical (unpaired) electrons. The monoisotopic (exact) mass is 484 g/mol. The number of carbonyl (C=O) groups is 2. The van der Waals surface area contributed by atoms with Crippen LogP contribution in [0.15, 0.2) is 30.5 Å². The molecule has 1 atom stereocenters. The van der Waals surface area contributed by atoms with Gasteiger partial charge in [-0.15, -0.1) is 0 Å². The molecule has 9 heteroatoms. The van der Waals surface area contributed by atoms with Crippen molar-refractivity contribution in [2.75, 3.05) is 0 Å². The average Bonchev–Trinajstić information content (AvgIpc) is 3.28. The van der Waals surface area contributed by atoms with Gasteiger partial charge in [-0.2, -0.15) is 13.2 Å². The molecule has 184 valence electrons. The Hall–Kier alpha value is -3.23. The van der Waals surface area contributed by atoms with E-state index in [9.17, 15) is 22.8 Å². The largest absolute Gasteiger partial charge is 0.438 e. The summed E-state index contributed by atoms with van der Waals surface area (Å²) in [5.41, 5.74) is -0.291. The lowest BCUT2D eigenvalue weighted by atomic mass is 9.86. The van der Waals surface area contributed by atoms with Crippen molar-refractivity contribution in [2.24, 2.45) is 5.92 Å². The number of amides is 1. The number of rotatable bonds is 4. The van der Waals surface area contributed by atoms with Gasteiger partial charge in [0.1, 0.15) is 5.82 Å². The quantitative estimate of drug-likeness (QED) is 0.569. The molecule has 1 N–H and O–H groups in total. The van der Waals surface area contributed by atoms with E-state index in [2.05, 4.69) is 9.97 Å². The van der Waals surface area contributed by atoms with E-state index in [4.69, 9.17) is 0 Å². The Morgan fingerprint density at radius 3 is 2.51 bits per heavy atom. The van der Waals surface area contributed by atoms with Crippen LogP contribution in [0.1, 0.15) is 65.1 Å². The molecule has 1 aromatic carbocycles. The molecule has 1 unspecified atom stereocenters. The molecular formula is C26H27F3N4O2. The Balaban J connectivity index is 1.48. The summed E-state index contributed by atoms with van der Waals surface area (Å²) in [4.78, 5) is 34.6. The summed E-state index contributed by atoms with van der Waals surface area (Å²) >= 11 is 0. The van der Waals surface area contributed by atoms with Crippen LogP contribution >= 0.6 is 0 Å². The normalized spacial score (nSPS) is 20.9. The number of Topliss-reactive ketones (excluding diaryl/α,β-unsaturated/α-hetero) is 1. The number of hydrogen-bond donors (Lipinski definition) is 1. The zero-order valence-corrected chi connectivity index (χ0v) is 19.7. The first-order chi connectivity index (χ1) is 16.6. The number of nitrogens with one attached hydrogen (secondary N) is 1. The van der Waals surface area contributed by atoms with Gasteiger partial charge in [-0.25, -0.2) is 4.98 Å². The molecule has 0 saturated heterocycles. The second kappa shape index (κ2) is 8.46. The number of nitrogens with zero attached hydrogens (tertiary/aromatic N) is 3. The molecule has 1 amide bonds. The number of carbonyl (C=O) groups excluding carboxylic acids is 2. The number of ketones is 1. The number of fused-ring (bicyclic) bond motifs is 3. The number of aromatic nitrogens is 3. The molecule has 2 aromatic heterocycles. The number of halogens is 3. The van der Waals surface area contributed by atoms with Gasteiger partial charge >= 0.3 is 6.18 Å². The summed E-state index contributed by atoms with van der Waals surface area (Å²) in [6.07, 6.45) is 2.40. The highest BCUT2D eigenvalue weighted by Gasteiger charge is 2.66. The van der Waals surface area contributed by atoms with E-state index in [-0.39, 0.29) is 16.9 Å². The molecule has 0 bridgehead atoms. The molecule has 1 aliphatic heterocycles. The van der Waals surface area contributed by atoms with Gasteiger partial charge in [0.2, 0.25) is 0 Å². The molecule has 3 heterocycles. The minimum Gasteiger partial charge on any atom is -0.315 e. The molecular weight excluding hydrogens is 457 g/mol. The minimum atomic E-state index is -5.08. The predicted molar refractivity (Wildman–Crippen MR) is 124 cm³/mol. The predicted octanol–water partition coefficient (Wildman–Crippen LogP) is 4.94. The molecule has 3 aromatic rings. The molecule has 1 aliphatic carbocycles. The SMILES string of the molecule is Cc1cc2nc3n(c2cc1C)C(NC(=O)c1ccc(CC2CCCCC2)nc1)(C(F)(F)F)C(=O)C3. The van der Waals surface area contributed by atoms with Crippen LogP contribution in [0.3, 0.4) is 0 Å². The first-order valence-electron chi connectivity index (χ1n) is 12.0. The molecule has 5 rings (SSSR count). The molecule has 6 nitrogen and oxygen atoms in total.